The van der Waals surface area contributed by atoms with Gasteiger partial charge in [0.2, 0.25) is 0 Å². The van der Waals surface area contributed by atoms with Crippen molar-refractivity contribution in [3.63, 3.8) is 0 Å². The Morgan fingerprint density at radius 1 is 0.411 bits per heavy atom. The summed E-state index contributed by atoms with van der Waals surface area (Å²) in [7, 11) is 0. The fraction of sp³-hybridized carbons (Fsp3) is 0.0408. The van der Waals surface area contributed by atoms with Crippen molar-refractivity contribution in [1.29, 1.82) is 10.5 Å². The third-order valence-corrected chi connectivity index (χ3v) is 10.5. The zero-order valence-corrected chi connectivity index (χ0v) is 30.6. The predicted octanol–water partition coefficient (Wildman–Crippen LogP) is 11.4. The standard InChI is InChI=1S/C49H31N7/c1-30-16-20-37-35-12-6-8-14-41(35)55(45(37)24-30)43-22-18-32(28-50)26-39(43)48-52-47(34-10-4-3-5-11-34)53-49(54-48)40-27-33(29-51)19-23-44(40)56-42-15-9-7-13-36(42)38-21-17-31(2)25-46(38)56/h3-27H,1-2H3. The molecule has 0 saturated heterocycles. The highest BCUT2D eigenvalue weighted by molar-refractivity contribution is 6.11. The number of aryl methyl sites for hydroxylation is 2. The molecule has 0 aliphatic heterocycles. The number of hydrogen-bond donors (Lipinski definition) is 0. The van der Waals surface area contributed by atoms with Gasteiger partial charge in [-0.3, -0.25) is 0 Å². The van der Waals surface area contributed by atoms with E-state index in [4.69, 9.17) is 15.0 Å². The molecule has 7 aromatic carbocycles. The average molecular weight is 718 g/mol. The van der Waals surface area contributed by atoms with E-state index in [9.17, 15) is 10.5 Å². The van der Waals surface area contributed by atoms with E-state index in [1.54, 1.807) is 0 Å². The van der Waals surface area contributed by atoms with Crippen LogP contribution < -0.4 is 0 Å². The van der Waals surface area contributed by atoms with E-state index < -0.39 is 0 Å². The molecular weight excluding hydrogens is 687 g/mol. The number of para-hydroxylation sites is 2. The highest BCUT2D eigenvalue weighted by atomic mass is 15.1. The summed E-state index contributed by atoms with van der Waals surface area (Å²) in [5, 5.41) is 25.0. The monoisotopic (exact) mass is 717 g/mol. The van der Waals surface area contributed by atoms with Crippen LogP contribution in [0.3, 0.4) is 0 Å². The summed E-state index contributed by atoms with van der Waals surface area (Å²) in [6.45, 7) is 4.19. The minimum absolute atomic E-state index is 0.408. The lowest BCUT2D eigenvalue weighted by Gasteiger charge is -2.17. The van der Waals surface area contributed by atoms with Crippen LogP contribution in [0.15, 0.2) is 152 Å². The number of hydrogen-bond acceptors (Lipinski definition) is 5. The first-order valence-corrected chi connectivity index (χ1v) is 18.4. The smallest absolute Gasteiger partial charge is 0.166 e. The third-order valence-electron chi connectivity index (χ3n) is 10.5. The van der Waals surface area contributed by atoms with Crippen molar-refractivity contribution >= 4 is 43.6 Å². The van der Waals surface area contributed by atoms with Crippen LogP contribution in [0.4, 0.5) is 0 Å². The van der Waals surface area contributed by atoms with Gasteiger partial charge in [0.05, 0.1) is 56.7 Å². The summed E-state index contributed by atoms with van der Waals surface area (Å²) in [5.41, 5.74) is 11.2. The average Bonchev–Trinajstić information content (AvgIpc) is 3.74. The zero-order valence-electron chi connectivity index (χ0n) is 30.6. The van der Waals surface area contributed by atoms with Gasteiger partial charge in [0.1, 0.15) is 0 Å². The van der Waals surface area contributed by atoms with Crippen molar-refractivity contribution < 1.29 is 0 Å². The number of fused-ring (bicyclic) bond motifs is 6. The fourth-order valence-corrected chi connectivity index (χ4v) is 7.97. The molecule has 3 heterocycles. The summed E-state index contributed by atoms with van der Waals surface area (Å²) in [5.74, 6) is 1.29. The minimum atomic E-state index is 0.408. The molecule has 10 rings (SSSR count). The number of aromatic nitrogens is 5. The van der Waals surface area contributed by atoms with Gasteiger partial charge in [0.15, 0.2) is 17.5 Å². The van der Waals surface area contributed by atoms with E-state index in [-0.39, 0.29) is 0 Å². The Hall–Kier alpha value is -7.87. The first-order chi connectivity index (χ1) is 27.5. The van der Waals surface area contributed by atoms with Gasteiger partial charge in [0, 0.05) is 38.2 Å². The maximum absolute atomic E-state index is 10.2. The van der Waals surface area contributed by atoms with Crippen molar-refractivity contribution in [1.82, 2.24) is 24.1 Å². The Kier molecular flexibility index (Phi) is 7.55. The lowest BCUT2D eigenvalue weighted by molar-refractivity contribution is 1.06. The molecule has 0 radical (unpaired) electrons. The van der Waals surface area contributed by atoms with Crippen molar-refractivity contribution in [2.24, 2.45) is 0 Å². The first kappa shape index (κ1) is 32.8. The lowest BCUT2D eigenvalue weighted by atomic mass is 10.1. The molecule has 0 aliphatic rings. The Morgan fingerprint density at radius 3 is 1.32 bits per heavy atom. The first-order valence-electron chi connectivity index (χ1n) is 18.4. The van der Waals surface area contributed by atoms with Gasteiger partial charge < -0.3 is 9.13 Å². The van der Waals surface area contributed by atoms with E-state index in [1.165, 1.54) is 0 Å². The number of nitriles is 2. The Balaban J connectivity index is 1.30. The zero-order chi connectivity index (χ0) is 37.9. The fourth-order valence-electron chi connectivity index (χ4n) is 7.97. The number of nitrogens with zero attached hydrogens (tertiary/aromatic N) is 7. The predicted molar refractivity (Wildman–Crippen MR) is 224 cm³/mol. The second-order valence-electron chi connectivity index (χ2n) is 14.1. The van der Waals surface area contributed by atoms with Crippen LogP contribution in [0, 0.1) is 36.5 Å². The molecule has 0 spiro atoms. The third kappa shape index (κ3) is 5.22. The summed E-state index contributed by atoms with van der Waals surface area (Å²) >= 11 is 0. The van der Waals surface area contributed by atoms with Crippen LogP contribution in [-0.4, -0.2) is 24.1 Å². The summed E-state index contributed by atoms with van der Waals surface area (Å²) in [6, 6.07) is 55.6. The molecule has 7 nitrogen and oxygen atoms in total. The molecule has 0 N–H and O–H groups in total. The maximum atomic E-state index is 10.2. The summed E-state index contributed by atoms with van der Waals surface area (Å²) in [6.07, 6.45) is 0. The van der Waals surface area contributed by atoms with Gasteiger partial charge >= 0.3 is 0 Å². The summed E-state index contributed by atoms with van der Waals surface area (Å²) < 4.78 is 4.48. The minimum Gasteiger partial charge on any atom is -0.308 e. The topological polar surface area (TPSA) is 96.1 Å². The molecule has 0 bridgehead atoms. The van der Waals surface area contributed by atoms with Gasteiger partial charge in [-0.15, -0.1) is 0 Å². The van der Waals surface area contributed by atoms with Crippen LogP contribution in [0.5, 0.6) is 0 Å². The molecule has 0 atom stereocenters. The van der Waals surface area contributed by atoms with E-state index >= 15 is 0 Å². The molecule has 0 aliphatic carbocycles. The van der Waals surface area contributed by atoms with E-state index in [0.717, 1.165) is 71.7 Å². The molecule has 262 valence electrons. The van der Waals surface area contributed by atoms with Crippen molar-refractivity contribution in [3.05, 3.63) is 174 Å². The van der Waals surface area contributed by atoms with E-state index in [1.807, 2.05) is 78.9 Å². The van der Waals surface area contributed by atoms with Crippen molar-refractivity contribution in [3.8, 4) is 57.7 Å². The Labute approximate surface area is 322 Å². The van der Waals surface area contributed by atoms with Crippen LogP contribution in [0.2, 0.25) is 0 Å². The molecular formula is C49H31N7. The normalized spacial score (nSPS) is 11.4. The molecule has 10 aromatic rings. The molecule has 0 fully saturated rings. The van der Waals surface area contributed by atoms with Crippen LogP contribution in [0.1, 0.15) is 22.3 Å². The SMILES string of the molecule is Cc1ccc2c3ccccc3n(-c3ccc(C#N)cc3-c3nc(-c4ccccc4)nc(-c4cc(C#N)ccc4-n4c5ccccc5c5ccc(C)cc54)n3)c2c1. The van der Waals surface area contributed by atoms with Gasteiger partial charge in [0.25, 0.3) is 0 Å². The van der Waals surface area contributed by atoms with Gasteiger partial charge in [-0.1, -0.05) is 91.0 Å². The van der Waals surface area contributed by atoms with Gasteiger partial charge in [-0.25, -0.2) is 15.0 Å². The summed E-state index contributed by atoms with van der Waals surface area (Å²) in [4.78, 5) is 15.6. The van der Waals surface area contributed by atoms with Crippen LogP contribution >= 0.6 is 0 Å². The highest BCUT2D eigenvalue weighted by Crippen LogP contribution is 2.39. The Morgan fingerprint density at radius 2 is 0.839 bits per heavy atom. The van der Waals surface area contributed by atoms with E-state index in [2.05, 4.69) is 108 Å². The van der Waals surface area contributed by atoms with Crippen molar-refractivity contribution in [2.45, 2.75) is 13.8 Å². The maximum Gasteiger partial charge on any atom is 0.166 e. The molecule has 0 saturated carbocycles. The van der Waals surface area contributed by atoms with E-state index in [0.29, 0.717) is 39.7 Å². The molecule has 0 unspecified atom stereocenters. The van der Waals surface area contributed by atoms with Gasteiger partial charge in [-0.2, -0.15) is 10.5 Å². The largest absolute Gasteiger partial charge is 0.308 e. The van der Waals surface area contributed by atoms with Gasteiger partial charge in [-0.05, 0) is 85.6 Å². The molecule has 3 aromatic heterocycles. The second-order valence-corrected chi connectivity index (χ2v) is 14.1. The molecule has 0 amide bonds. The number of rotatable bonds is 5. The van der Waals surface area contributed by atoms with Crippen LogP contribution in [-0.2, 0) is 0 Å². The lowest BCUT2D eigenvalue weighted by Crippen LogP contribution is -2.06. The number of benzene rings is 7. The molecule has 56 heavy (non-hydrogen) atoms. The van der Waals surface area contributed by atoms with Crippen LogP contribution in [0.25, 0.3) is 89.2 Å². The Bertz CT molecular complexity index is 3100. The second kappa shape index (κ2) is 12.9. The quantitative estimate of drug-likeness (QED) is 0.177. The molecule has 7 heteroatoms. The van der Waals surface area contributed by atoms with Crippen molar-refractivity contribution in [2.75, 3.05) is 0 Å². The highest BCUT2D eigenvalue weighted by Gasteiger charge is 2.23.